The summed E-state index contributed by atoms with van der Waals surface area (Å²) in [5.74, 6) is -6.04. The Hall–Kier alpha value is -4.35. The average molecular weight is 804 g/mol. The van der Waals surface area contributed by atoms with E-state index in [0.717, 1.165) is 5.57 Å². The monoisotopic (exact) mass is 801 g/mol. The van der Waals surface area contributed by atoms with E-state index >= 15 is 9.59 Å². The number of carbonyl (C=O) groups excluding carboxylic acids is 4. The molecule has 6 atom stereocenters. The maximum absolute atomic E-state index is 15.2. The Morgan fingerprint density at radius 2 is 1.64 bits per heavy atom. The molecule has 9 nitrogen and oxygen atoms in total. The Kier molecular flexibility index (Phi) is 8.92. The van der Waals surface area contributed by atoms with Crippen molar-refractivity contribution >= 4 is 66.8 Å². The zero-order chi connectivity index (χ0) is 35.5. The van der Waals surface area contributed by atoms with Crippen molar-refractivity contribution < 1.29 is 38.9 Å². The Morgan fingerprint density at radius 3 is 2.30 bits per heavy atom. The number of fused-ring (bicyclic) bond motifs is 4. The quantitative estimate of drug-likeness (QED) is 0.192. The van der Waals surface area contributed by atoms with Crippen molar-refractivity contribution in [3.05, 3.63) is 110 Å². The smallest absolute Gasteiger partial charge is 0.303 e. The van der Waals surface area contributed by atoms with Crippen molar-refractivity contribution in [3.8, 4) is 11.5 Å². The van der Waals surface area contributed by atoms with Gasteiger partial charge in [-0.15, -0.1) is 0 Å². The number of ketones is 2. The highest BCUT2D eigenvalue weighted by atomic mass is 79.9. The van der Waals surface area contributed by atoms with Gasteiger partial charge in [0.05, 0.1) is 28.8 Å². The van der Waals surface area contributed by atoms with Gasteiger partial charge in [0.1, 0.15) is 0 Å². The van der Waals surface area contributed by atoms with Crippen LogP contribution in [0.2, 0.25) is 0 Å². The summed E-state index contributed by atoms with van der Waals surface area (Å²) in [7, 11) is 1.43. The predicted molar refractivity (Wildman–Crippen MR) is 190 cm³/mol. The van der Waals surface area contributed by atoms with E-state index in [1.165, 1.54) is 18.1 Å². The first kappa shape index (κ1) is 34.1. The fourth-order valence-electron chi connectivity index (χ4n) is 8.87. The zero-order valence-electron chi connectivity index (χ0n) is 27.0. The lowest BCUT2D eigenvalue weighted by molar-refractivity contribution is -0.142. The predicted octanol–water partition coefficient (Wildman–Crippen LogP) is 6.62. The molecule has 0 aromatic heterocycles. The number of aromatic hydroxyl groups is 1. The molecule has 1 saturated carbocycles. The largest absolute Gasteiger partial charge is 0.503 e. The van der Waals surface area contributed by atoms with E-state index in [0.29, 0.717) is 31.2 Å². The summed E-state index contributed by atoms with van der Waals surface area (Å²) in [4.78, 5) is 70.6. The van der Waals surface area contributed by atoms with Crippen LogP contribution in [0.4, 0.5) is 0 Å². The highest BCUT2D eigenvalue weighted by Gasteiger charge is 2.66. The van der Waals surface area contributed by atoms with Crippen LogP contribution in [0.1, 0.15) is 48.3 Å². The number of rotatable bonds is 8. The van der Waals surface area contributed by atoms with Crippen LogP contribution in [0.3, 0.4) is 0 Å². The first-order valence-electron chi connectivity index (χ1n) is 16.4. The number of carbonyl (C=O) groups is 5. The first-order valence-corrected chi connectivity index (χ1v) is 18.0. The molecule has 1 aliphatic heterocycles. The van der Waals surface area contributed by atoms with Gasteiger partial charge in [0, 0.05) is 34.8 Å². The van der Waals surface area contributed by atoms with Crippen molar-refractivity contribution in [1.29, 1.82) is 0 Å². The van der Waals surface area contributed by atoms with E-state index in [1.807, 2.05) is 54.6 Å². The Morgan fingerprint density at radius 1 is 0.960 bits per heavy atom. The maximum atomic E-state index is 15.2. The third kappa shape index (κ3) is 5.11. The van der Waals surface area contributed by atoms with Gasteiger partial charge < -0.3 is 14.9 Å². The van der Waals surface area contributed by atoms with Crippen LogP contribution in [0.15, 0.2) is 93.4 Å². The van der Waals surface area contributed by atoms with Gasteiger partial charge in [0.2, 0.25) is 11.8 Å². The lowest BCUT2D eigenvalue weighted by atomic mass is 9.44. The van der Waals surface area contributed by atoms with E-state index in [9.17, 15) is 24.6 Å². The van der Waals surface area contributed by atoms with Crippen LogP contribution in [0.5, 0.6) is 11.5 Å². The van der Waals surface area contributed by atoms with Gasteiger partial charge in [-0.2, -0.15) is 0 Å². The number of carboxylic acids is 1. The van der Waals surface area contributed by atoms with Crippen molar-refractivity contribution in [2.45, 2.75) is 37.0 Å². The SMILES string of the molecule is COc1cc(C2C3=CCC4C(=O)N(CCCC(=O)O)C(=O)C4C3CC3C(=O)C(c4ccccc4)=CC(=O)C32c2ccccc2)c(Br)c(Br)c1O. The van der Waals surface area contributed by atoms with E-state index in [2.05, 4.69) is 31.9 Å². The molecule has 3 aliphatic carbocycles. The summed E-state index contributed by atoms with van der Waals surface area (Å²) in [6.45, 7) is -0.00814. The molecule has 0 radical (unpaired) electrons. The number of benzene rings is 3. The second-order valence-corrected chi connectivity index (χ2v) is 14.8. The molecule has 50 heavy (non-hydrogen) atoms. The molecule has 2 amide bonds. The normalized spacial score (nSPS) is 27.3. The fourth-order valence-corrected chi connectivity index (χ4v) is 9.83. The number of phenolic OH excluding ortho intramolecular Hbond substituents is 1. The van der Waals surface area contributed by atoms with Gasteiger partial charge in [0.15, 0.2) is 23.1 Å². The number of hydrogen-bond donors (Lipinski definition) is 2. The molecular formula is C39H33Br2NO8. The second kappa shape index (κ2) is 13.1. The van der Waals surface area contributed by atoms with Crippen molar-refractivity contribution in [2.75, 3.05) is 13.7 Å². The summed E-state index contributed by atoms with van der Waals surface area (Å²) in [6.07, 6.45) is 3.74. The molecular weight excluding hydrogens is 770 g/mol. The van der Waals surface area contributed by atoms with E-state index in [-0.39, 0.29) is 67.1 Å². The van der Waals surface area contributed by atoms with Gasteiger partial charge in [-0.1, -0.05) is 72.3 Å². The molecule has 2 fully saturated rings. The van der Waals surface area contributed by atoms with Gasteiger partial charge in [-0.05, 0) is 85.9 Å². The number of carboxylic acid groups (broad SMARTS) is 1. The number of halogens is 2. The molecule has 0 bridgehead atoms. The maximum Gasteiger partial charge on any atom is 0.303 e. The Balaban J connectivity index is 1.48. The highest BCUT2D eigenvalue weighted by Crippen LogP contribution is 2.65. The summed E-state index contributed by atoms with van der Waals surface area (Å²) in [5.41, 5.74) is 1.41. The van der Waals surface area contributed by atoms with Crippen LogP contribution in [-0.2, 0) is 29.4 Å². The van der Waals surface area contributed by atoms with Crippen LogP contribution in [0, 0.1) is 23.7 Å². The minimum Gasteiger partial charge on any atom is -0.503 e. The standard InChI is InChI=1S/C39H33Br2NO8/c1-50-28-18-26(33(40)34(41)36(28)47)32-22-14-15-23-31(38(49)42(37(23)48)16-8-13-30(44)45)25(22)17-27-35(46)24(20-9-4-2-5-10-20)19-29(43)39(27,32)21-11-6-3-7-12-21/h2-7,9-12,14,18-19,23,25,27,31-32,47H,8,13,15-17H2,1H3,(H,44,45). The molecule has 0 spiro atoms. The molecule has 2 N–H and O–H groups in total. The highest BCUT2D eigenvalue weighted by molar-refractivity contribution is 9.13. The third-order valence-electron chi connectivity index (χ3n) is 10.9. The number of ether oxygens (including phenoxy) is 1. The van der Waals surface area contributed by atoms with Crippen molar-refractivity contribution in [3.63, 3.8) is 0 Å². The summed E-state index contributed by atoms with van der Waals surface area (Å²) >= 11 is 7.19. The summed E-state index contributed by atoms with van der Waals surface area (Å²) < 4.78 is 6.34. The number of hydrogen-bond acceptors (Lipinski definition) is 7. The molecule has 6 unspecified atom stereocenters. The third-order valence-corrected chi connectivity index (χ3v) is 13.1. The molecule has 1 saturated heterocycles. The number of allylic oxidation sites excluding steroid dienone is 4. The molecule has 3 aromatic rings. The zero-order valence-corrected chi connectivity index (χ0v) is 30.1. The van der Waals surface area contributed by atoms with Crippen LogP contribution in [0.25, 0.3) is 5.57 Å². The lowest BCUT2D eigenvalue weighted by Gasteiger charge is -2.55. The number of Topliss-reactive ketones (excluding diaryl/α,β-unsaturated/α-hetero) is 1. The fraction of sp³-hybridized carbons (Fsp3) is 0.308. The van der Waals surface area contributed by atoms with Crippen molar-refractivity contribution in [2.24, 2.45) is 23.7 Å². The van der Waals surface area contributed by atoms with Gasteiger partial charge in [-0.25, -0.2) is 0 Å². The summed E-state index contributed by atoms with van der Waals surface area (Å²) in [5, 5.41) is 20.2. The molecule has 3 aromatic carbocycles. The molecule has 1 heterocycles. The van der Waals surface area contributed by atoms with Crippen LogP contribution in [-0.4, -0.2) is 58.1 Å². The second-order valence-electron chi connectivity index (χ2n) is 13.3. The minimum atomic E-state index is -1.46. The molecule has 7 rings (SSSR count). The minimum absolute atomic E-state index is 0.00814. The number of amides is 2. The van der Waals surface area contributed by atoms with E-state index in [1.54, 1.807) is 18.2 Å². The van der Waals surface area contributed by atoms with Gasteiger partial charge in [0.25, 0.3) is 0 Å². The number of likely N-dealkylation sites (tertiary alicyclic amines) is 1. The van der Waals surface area contributed by atoms with E-state index < -0.39 is 41.0 Å². The molecule has 256 valence electrons. The molecule has 11 heteroatoms. The summed E-state index contributed by atoms with van der Waals surface area (Å²) in [6, 6.07) is 19.9. The Labute approximate surface area is 305 Å². The Bertz CT molecular complexity index is 2010. The molecule has 4 aliphatic rings. The van der Waals surface area contributed by atoms with E-state index in [4.69, 9.17) is 4.74 Å². The topological polar surface area (TPSA) is 138 Å². The average Bonchev–Trinajstić information content (AvgIpc) is 3.37. The number of imide groups is 1. The van der Waals surface area contributed by atoms with Crippen LogP contribution < -0.4 is 4.74 Å². The van der Waals surface area contributed by atoms with Gasteiger partial charge >= 0.3 is 5.97 Å². The lowest BCUT2D eigenvalue weighted by Crippen LogP contribution is -2.59. The van der Waals surface area contributed by atoms with Crippen molar-refractivity contribution in [1.82, 2.24) is 4.90 Å². The van der Waals surface area contributed by atoms with Crippen LogP contribution >= 0.6 is 31.9 Å². The number of phenols is 1. The number of aliphatic carboxylic acids is 1. The number of methoxy groups -OCH3 is 1. The van der Waals surface area contributed by atoms with Gasteiger partial charge in [-0.3, -0.25) is 28.9 Å². The number of nitrogens with zero attached hydrogens (tertiary/aromatic N) is 1. The first-order chi connectivity index (χ1) is 24.0.